The Morgan fingerprint density at radius 1 is 1.06 bits per heavy atom. The van der Waals surface area contributed by atoms with Gasteiger partial charge in [-0.2, -0.15) is 0 Å². The molecule has 0 saturated carbocycles. The van der Waals surface area contributed by atoms with Crippen LogP contribution in [0.5, 0.6) is 5.75 Å². The summed E-state index contributed by atoms with van der Waals surface area (Å²) in [6, 6.07) is 19.2. The van der Waals surface area contributed by atoms with Crippen LogP contribution < -0.4 is 4.74 Å². The molecular formula is C26H24N2O4. The van der Waals surface area contributed by atoms with Gasteiger partial charge < -0.3 is 14.7 Å². The number of benzene rings is 2. The van der Waals surface area contributed by atoms with Gasteiger partial charge in [-0.25, -0.2) is 0 Å². The van der Waals surface area contributed by atoms with Gasteiger partial charge in [-0.15, -0.1) is 0 Å². The van der Waals surface area contributed by atoms with Crippen LogP contribution in [0.4, 0.5) is 0 Å². The summed E-state index contributed by atoms with van der Waals surface area (Å²) in [4.78, 5) is 31.8. The van der Waals surface area contributed by atoms with E-state index in [1.54, 1.807) is 48.8 Å². The van der Waals surface area contributed by atoms with E-state index in [0.717, 1.165) is 12.0 Å². The van der Waals surface area contributed by atoms with Crippen LogP contribution in [0.1, 0.15) is 36.1 Å². The Kier molecular flexibility index (Phi) is 6.31. The van der Waals surface area contributed by atoms with Crippen LogP contribution in [0.25, 0.3) is 5.76 Å². The first kappa shape index (κ1) is 21.3. The van der Waals surface area contributed by atoms with Crippen LogP contribution >= 0.6 is 0 Å². The average Bonchev–Trinajstić information content (AvgIpc) is 3.08. The fourth-order valence-electron chi connectivity index (χ4n) is 3.82. The van der Waals surface area contributed by atoms with Crippen molar-refractivity contribution in [2.75, 3.05) is 6.61 Å². The summed E-state index contributed by atoms with van der Waals surface area (Å²) in [6.07, 6.45) is 4.09. The van der Waals surface area contributed by atoms with E-state index < -0.39 is 17.7 Å². The first-order chi connectivity index (χ1) is 15.6. The van der Waals surface area contributed by atoms with Crippen molar-refractivity contribution in [2.24, 2.45) is 0 Å². The summed E-state index contributed by atoms with van der Waals surface area (Å²) >= 11 is 0. The normalized spacial score (nSPS) is 17.5. The van der Waals surface area contributed by atoms with E-state index in [2.05, 4.69) is 4.98 Å². The molecule has 32 heavy (non-hydrogen) atoms. The van der Waals surface area contributed by atoms with Gasteiger partial charge in [0.25, 0.3) is 11.7 Å². The summed E-state index contributed by atoms with van der Waals surface area (Å²) < 4.78 is 5.66. The number of aliphatic hydroxyl groups excluding tert-OH is 1. The second-order valence-corrected chi connectivity index (χ2v) is 7.58. The quantitative estimate of drug-likeness (QED) is 0.341. The number of hydrogen-bond acceptors (Lipinski definition) is 5. The molecule has 162 valence electrons. The zero-order chi connectivity index (χ0) is 22.5. The molecule has 0 radical (unpaired) electrons. The fraction of sp³-hybridized carbons (Fsp3) is 0.192. The van der Waals surface area contributed by atoms with Gasteiger partial charge in [-0.3, -0.25) is 14.6 Å². The van der Waals surface area contributed by atoms with Crippen molar-refractivity contribution in [1.29, 1.82) is 0 Å². The Morgan fingerprint density at radius 2 is 1.88 bits per heavy atom. The second kappa shape index (κ2) is 9.47. The lowest BCUT2D eigenvalue weighted by Gasteiger charge is -2.25. The summed E-state index contributed by atoms with van der Waals surface area (Å²) in [5.41, 5.74) is 2.01. The van der Waals surface area contributed by atoms with Gasteiger partial charge in [0.15, 0.2) is 0 Å². The maximum absolute atomic E-state index is 13.1. The number of nitrogens with zero attached hydrogens (tertiary/aromatic N) is 2. The monoisotopic (exact) mass is 428 g/mol. The third-order valence-electron chi connectivity index (χ3n) is 5.32. The number of carbonyl (C=O) groups is 2. The molecule has 1 fully saturated rings. The maximum Gasteiger partial charge on any atom is 0.295 e. The van der Waals surface area contributed by atoms with E-state index in [0.29, 0.717) is 23.5 Å². The van der Waals surface area contributed by atoms with Gasteiger partial charge >= 0.3 is 0 Å². The molecule has 0 spiro atoms. The maximum atomic E-state index is 13.1. The molecule has 1 aliphatic rings. The van der Waals surface area contributed by atoms with Crippen molar-refractivity contribution in [2.45, 2.75) is 25.9 Å². The highest BCUT2D eigenvalue weighted by Crippen LogP contribution is 2.40. The van der Waals surface area contributed by atoms with Crippen molar-refractivity contribution in [3.63, 3.8) is 0 Å². The largest absolute Gasteiger partial charge is 0.507 e. The number of amides is 1. The predicted octanol–water partition coefficient (Wildman–Crippen LogP) is 4.49. The number of rotatable bonds is 7. The number of likely N-dealkylation sites (tertiary alicyclic amines) is 1. The van der Waals surface area contributed by atoms with Gasteiger partial charge in [-0.05, 0) is 35.7 Å². The Hall–Kier alpha value is -3.93. The Morgan fingerprint density at radius 3 is 2.59 bits per heavy atom. The Labute approximate surface area is 186 Å². The van der Waals surface area contributed by atoms with Crippen molar-refractivity contribution < 1.29 is 19.4 Å². The number of ketones is 1. The molecule has 1 aromatic heterocycles. The van der Waals surface area contributed by atoms with E-state index in [1.165, 1.54) is 4.90 Å². The van der Waals surface area contributed by atoms with Crippen LogP contribution in [0.2, 0.25) is 0 Å². The molecule has 1 N–H and O–H groups in total. The van der Waals surface area contributed by atoms with Crippen LogP contribution in [0, 0.1) is 0 Å². The molecule has 0 bridgehead atoms. The number of pyridine rings is 1. The van der Waals surface area contributed by atoms with E-state index in [4.69, 9.17) is 4.74 Å². The lowest BCUT2D eigenvalue weighted by Crippen LogP contribution is -2.29. The summed E-state index contributed by atoms with van der Waals surface area (Å²) in [5, 5.41) is 11.2. The number of aliphatic hydroxyl groups is 1. The Bertz CT molecular complexity index is 1140. The molecule has 1 atom stereocenters. The standard InChI is InChI=1S/C26H24N2O4/c1-2-14-32-21-12-6-10-19(15-21)24(29)22-23(20-11-7-13-27-16-20)28(26(31)25(22)30)17-18-8-4-3-5-9-18/h3-13,15-16,23,29H,2,14,17H2,1H3/b24-22+. The van der Waals surface area contributed by atoms with Gasteiger partial charge in [0.1, 0.15) is 11.5 Å². The number of carbonyl (C=O) groups excluding carboxylic acids is 2. The molecule has 1 amide bonds. The van der Waals surface area contributed by atoms with Gasteiger partial charge in [0.2, 0.25) is 0 Å². The molecule has 1 unspecified atom stereocenters. The highest BCUT2D eigenvalue weighted by molar-refractivity contribution is 6.46. The second-order valence-electron chi connectivity index (χ2n) is 7.58. The molecule has 4 rings (SSSR count). The first-order valence-corrected chi connectivity index (χ1v) is 10.6. The number of aromatic nitrogens is 1. The van der Waals surface area contributed by atoms with E-state index in [-0.39, 0.29) is 17.9 Å². The topological polar surface area (TPSA) is 79.7 Å². The Balaban J connectivity index is 1.80. The summed E-state index contributed by atoms with van der Waals surface area (Å²) in [5.74, 6) is -1.00. The minimum Gasteiger partial charge on any atom is -0.507 e. The zero-order valence-electron chi connectivity index (χ0n) is 17.8. The lowest BCUT2D eigenvalue weighted by atomic mass is 9.96. The molecule has 1 saturated heterocycles. The molecule has 2 aromatic carbocycles. The van der Waals surface area contributed by atoms with Gasteiger partial charge in [0.05, 0.1) is 18.2 Å². The minimum absolute atomic E-state index is 0.0478. The SMILES string of the molecule is CCCOc1cccc(/C(O)=C2\C(=O)C(=O)N(Cc3ccccc3)C2c2cccnc2)c1. The average molecular weight is 428 g/mol. The lowest BCUT2D eigenvalue weighted by molar-refractivity contribution is -0.140. The smallest absolute Gasteiger partial charge is 0.295 e. The van der Waals surface area contributed by atoms with Crippen LogP contribution in [0.15, 0.2) is 84.7 Å². The van der Waals surface area contributed by atoms with Crippen molar-refractivity contribution in [3.05, 3.63) is 101 Å². The third-order valence-corrected chi connectivity index (χ3v) is 5.32. The number of hydrogen-bond donors (Lipinski definition) is 1. The first-order valence-electron chi connectivity index (χ1n) is 10.6. The van der Waals surface area contributed by atoms with Crippen LogP contribution in [-0.2, 0) is 16.1 Å². The molecule has 3 aromatic rings. The van der Waals surface area contributed by atoms with E-state index >= 15 is 0 Å². The molecule has 1 aliphatic heterocycles. The summed E-state index contributed by atoms with van der Waals surface area (Å²) in [7, 11) is 0. The van der Waals surface area contributed by atoms with Crippen molar-refractivity contribution in [3.8, 4) is 5.75 Å². The molecular weight excluding hydrogens is 404 g/mol. The van der Waals surface area contributed by atoms with E-state index in [1.807, 2.05) is 37.3 Å². The molecule has 6 heteroatoms. The predicted molar refractivity (Wildman–Crippen MR) is 121 cm³/mol. The highest BCUT2D eigenvalue weighted by atomic mass is 16.5. The molecule has 2 heterocycles. The van der Waals surface area contributed by atoms with Gasteiger partial charge in [-0.1, -0.05) is 55.5 Å². The van der Waals surface area contributed by atoms with Crippen LogP contribution in [0.3, 0.4) is 0 Å². The van der Waals surface area contributed by atoms with Crippen molar-refractivity contribution >= 4 is 17.4 Å². The van der Waals surface area contributed by atoms with Gasteiger partial charge in [0, 0.05) is 24.5 Å². The third kappa shape index (κ3) is 4.25. The van der Waals surface area contributed by atoms with Crippen LogP contribution in [-0.4, -0.2) is 33.3 Å². The van der Waals surface area contributed by atoms with E-state index in [9.17, 15) is 14.7 Å². The summed E-state index contributed by atoms with van der Waals surface area (Å²) in [6.45, 7) is 2.79. The fourth-order valence-corrected chi connectivity index (χ4v) is 3.82. The number of ether oxygens (including phenoxy) is 1. The highest BCUT2D eigenvalue weighted by Gasteiger charge is 2.46. The minimum atomic E-state index is -0.746. The number of Topliss-reactive ketones (excluding diaryl/α,β-unsaturated/α-hetero) is 1. The zero-order valence-corrected chi connectivity index (χ0v) is 17.8. The molecule has 0 aliphatic carbocycles. The van der Waals surface area contributed by atoms with Crippen molar-refractivity contribution in [1.82, 2.24) is 9.88 Å². The molecule has 6 nitrogen and oxygen atoms in total.